The van der Waals surface area contributed by atoms with Gasteiger partial charge in [-0.05, 0) is 74.4 Å². The third kappa shape index (κ3) is 5.77. The van der Waals surface area contributed by atoms with Gasteiger partial charge in [0.25, 0.3) is 5.91 Å². The molecule has 0 bridgehead atoms. The van der Waals surface area contributed by atoms with E-state index < -0.39 is 23.4 Å². The third-order valence-corrected chi connectivity index (χ3v) is 10.7. The van der Waals surface area contributed by atoms with Gasteiger partial charge in [0, 0.05) is 70.2 Å². The zero-order valence-corrected chi connectivity index (χ0v) is 27.2. The molecule has 240 valence electrons. The molecule has 0 saturated carbocycles. The van der Waals surface area contributed by atoms with Crippen LogP contribution in [0.1, 0.15) is 87.2 Å². The van der Waals surface area contributed by atoms with Crippen molar-refractivity contribution in [1.82, 2.24) is 14.3 Å². The van der Waals surface area contributed by atoms with Crippen molar-refractivity contribution in [2.75, 3.05) is 0 Å². The van der Waals surface area contributed by atoms with Crippen molar-refractivity contribution < 1.29 is 34.8 Å². The van der Waals surface area contributed by atoms with Crippen molar-refractivity contribution in [3.63, 3.8) is 0 Å². The molecule has 3 atom stereocenters. The van der Waals surface area contributed by atoms with E-state index in [4.69, 9.17) is 0 Å². The number of aliphatic hydroxyl groups is 2. The van der Waals surface area contributed by atoms with Crippen LogP contribution < -0.4 is 10.6 Å². The summed E-state index contributed by atoms with van der Waals surface area (Å²) in [6.07, 6.45) is 5.06. The van der Waals surface area contributed by atoms with Gasteiger partial charge in [-0.3, -0.25) is 18.7 Å². The highest BCUT2D eigenvalue weighted by Gasteiger charge is 2.66. The van der Waals surface area contributed by atoms with Crippen molar-refractivity contribution in [2.45, 2.75) is 85.1 Å². The zero-order valence-electron chi connectivity index (χ0n) is 26.4. The van der Waals surface area contributed by atoms with E-state index in [1.54, 1.807) is 13.0 Å². The third-order valence-electron chi connectivity index (χ3n) is 9.42. The summed E-state index contributed by atoms with van der Waals surface area (Å²) >= 11 is 1.38. The minimum atomic E-state index is -1.18. The predicted octanol–water partition coefficient (Wildman–Crippen LogP) is 3.82. The number of carboxylic acids is 2. The lowest BCUT2D eigenvalue weighted by atomic mass is 9.91. The van der Waals surface area contributed by atoms with Crippen LogP contribution in [-0.4, -0.2) is 63.3 Å². The Morgan fingerprint density at radius 1 is 1.04 bits per heavy atom. The molecule has 3 aliphatic rings. The zero-order chi connectivity index (χ0) is 33.0. The molecule has 45 heavy (non-hydrogen) atoms. The van der Waals surface area contributed by atoms with Gasteiger partial charge in [-0.15, -0.1) is 0 Å². The summed E-state index contributed by atoms with van der Waals surface area (Å²) in [5.41, 5.74) is 7.52. The summed E-state index contributed by atoms with van der Waals surface area (Å²) < 4.78 is 1.90. The minimum absolute atomic E-state index is 0.0234. The van der Waals surface area contributed by atoms with E-state index in [2.05, 4.69) is 21.9 Å². The molecule has 0 aliphatic carbocycles. The fourth-order valence-corrected chi connectivity index (χ4v) is 7.86. The molecule has 5 rings (SSSR count). The van der Waals surface area contributed by atoms with Crippen molar-refractivity contribution in [3.8, 4) is 0 Å². The standard InChI is InChI=1S/C33H40N4O7S/c1-7-19-15(3)23(36-32(19)43)11-22-16(4)21(9-10-29(39)40)25(34-22)12-26-31(28(38)14-30(41)42)17(5)24(35-26)13-27-20(8-2)18(6)33(44)37(27)45-33/h12-13,18,20,34-35,38,44H,7-11,14H2,1-6H3,(H,39,40)(H,41,42)/b26-12-,27-13-,31-28+/t18-,20-,33+,37?/m1/s1. The fraction of sp³-hybridized carbons (Fsp3) is 0.455. The molecule has 11 nitrogen and oxygen atoms in total. The van der Waals surface area contributed by atoms with Crippen molar-refractivity contribution in [3.05, 3.63) is 61.2 Å². The number of rotatable bonds is 11. The lowest BCUT2D eigenvalue weighted by Gasteiger charge is -2.17. The Bertz CT molecular complexity index is 1830. The molecule has 0 radical (unpaired) electrons. The highest BCUT2D eigenvalue weighted by Crippen LogP contribution is 2.67. The molecule has 3 aliphatic heterocycles. The first-order valence-corrected chi connectivity index (χ1v) is 16.0. The summed E-state index contributed by atoms with van der Waals surface area (Å²) in [4.78, 5) is 46.6. The van der Waals surface area contributed by atoms with Crippen molar-refractivity contribution in [2.24, 2.45) is 16.8 Å². The van der Waals surface area contributed by atoms with E-state index >= 15 is 0 Å². The summed E-state index contributed by atoms with van der Waals surface area (Å²) in [6, 6.07) is 0. The number of nitrogens with zero attached hydrogens (tertiary/aromatic N) is 2. The Hall–Kier alpha value is -4.03. The Balaban J connectivity index is 1.67. The van der Waals surface area contributed by atoms with E-state index in [0.29, 0.717) is 51.6 Å². The molecule has 2 saturated heterocycles. The second-order valence-electron chi connectivity index (χ2n) is 12.0. The SMILES string of the molecule is CCC1=C(C)C(Cc2[nH]c(/C=c3\[nH]c(/C=C4/[C@H](CC)[C@@H](C)[C@]5(O)SN45)c(C)\c3=C(/O)CC(=O)O)c(CCC(=O)O)c2C)=NC1=O. The Morgan fingerprint density at radius 2 is 1.76 bits per heavy atom. The van der Waals surface area contributed by atoms with Gasteiger partial charge in [0.05, 0.1) is 11.1 Å². The number of aliphatic hydroxyl groups excluding tert-OH is 1. The lowest BCUT2D eigenvalue weighted by Crippen LogP contribution is -2.28. The summed E-state index contributed by atoms with van der Waals surface area (Å²) in [5.74, 6) is -2.51. The number of nitrogens with one attached hydrogen (secondary N) is 2. The maximum absolute atomic E-state index is 12.4. The number of carboxylic acid groups (broad SMARTS) is 2. The van der Waals surface area contributed by atoms with Crippen LogP contribution in [0.3, 0.4) is 0 Å². The molecule has 2 aromatic rings. The first kappa shape index (κ1) is 32.4. The van der Waals surface area contributed by atoms with Gasteiger partial charge in [0.1, 0.15) is 12.2 Å². The normalized spacial score (nSPS) is 24.6. The molecule has 0 spiro atoms. The second-order valence-corrected chi connectivity index (χ2v) is 13.2. The number of hydrogen-bond donors (Lipinski definition) is 6. The number of aromatic amines is 2. The van der Waals surface area contributed by atoms with Gasteiger partial charge < -0.3 is 30.4 Å². The highest BCUT2D eigenvalue weighted by atomic mass is 32.2. The largest absolute Gasteiger partial charge is 0.511 e. The van der Waals surface area contributed by atoms with E-state index in [1.165, 1.54) is 11.9 Å². The summed E-state index contributed by atoms with van der Waals surface area (Å²) in [6.45, 7) is 11.6. The number of fused-ring (bicyclic) bond motifs is 1. The van der Waals surface area contributed by atoms with Crippen LogP contribution in [0.25, 0.3) is 17.9 Å². The summed E-state index contributed by atoms with van der Waals surface area (Å²) in [7, 11) is 0. The molecule has 0 unspecified atom stereocenters. The van der Waals surface area contributed by atoms with Gasteiger partial charge >= 0.3 is 11.9 Å². The van der Waals surface area contributed by atoms with Crippen LogP contribution in [0, 0.1) is 25.7 Å². The van der Waals surface area contributed by atoms with E-state index in [1.807, 2.05) is 38.1 Å². The van der Waals surface area contributed by atoms with E-state index in [9.17, 15) is 34.8 Å². The number of carbonyl (C=O) groups excluding carboxylic acids is 1. The minimum Gasteiger partial charge on any atom is -0.511 e. The molecule has 6 N–H and O–H groups in total. The molecule has 12 heteroatoms. The van der Waals surface area contributed by atoms with Gasteiger partial charge in [-0.25, -0.2) is 4.99 Å². The van der Waals surface area contributed by atoms with Gasteiger partial charge in [-0.2, -0.15) is 0 Å². The lowest BCUT2D eigenvalue weighted by molar-refractivity contribution is -0.137. The van der Waals surface area contributed by atoms with Crippen LogP contribution in [0.15, 0.2) is 21.8 Å². The first-order chi connectivity index (χ1) is 21.2. The number of aliphatic carboxylic acids is 2. The number of allylic oxidation sites excluding steroid dienone is 2. The fourth-order valence-electron chi connectivity index (χ4n) is 6.74. The average Bonchev–Trinajstić information content (AvgIpc) is 3.17. The number of amides is 1. The quantitative estimate of drug-likeness (QED) is 0.158. The monoisotopic (exact) mass is 636 g/mol. The smallest absolute Gasteiger partial charge is 0.311 e. The number of carbonyl (C=O) groups is 3. The maximum Gasteiger partial charge on any atom is 0.311 e. The van der Waals surface area contributed by atoms with E-state index in [-0.39, 0.29) is 36.3 Å². The van der Waals surface area contributed by atoms with Crippen LogP contribution in [0.5, 0.6) is 0 Å². The highest BCUT2D eigenvalue weighted by molar-refractivity contribution is 8.04. The van der Waals surface area contributed by atoms with Crippen molar-refractivity contribution >= 4 is 53.4 Å². The van der Waals surface area contributed by atoms with Gasteiger partial charge in [0.15, 0.2) is 0 Å². The summed E-state index contributed by atoms with van der Waals surface area (Å²) in [5, 5.41) is 40.8. The van der Waals surface area contributed by atoms with Crippen LogP contribution >= 0.6 is 11.9 Å². The van der Waals surface area contributed by atoms with Crippen LogP contribution in [-0.2, 0) is 27.2 Å². The molecular weight excluding hydrogens is 596 g/mol. The topological polar surface area (TPSA) is 179 Å². The molecule has 2 aromatic heterocycles. The van der Waals surface area contributed by atoms with Gasteiger partial charge in [-0.1, -0.05) is 20.8 Å². The molecule has 2 fully saturated rings. The van der Waals surface area contributed by atoms with Crippen LogP contribution in [0.4, 0.5) is 0 Å². The van der Waals surface area contributed by atoms with Crippen LogP contribution in [0.2, 0.25) is 0 Å². The van der Waals surface area contributed by atoms with Crippen molar-refractivity contribution in [1.29, 1.82) is 0 Å². The number of aromatic nitrogens is 2. The van der Waals surface area contributed by atoms with Gasteiger partial charge in [0.2, 0.25) is 5.06 Å². The molecule has 5 heterocycles. The Morgan fingerprint density at radius 3 is 2.36 bits per heavy atom. The number of hydrogen-bond acceptors (Lipinski definition) is 7. The Kier molecular flexibility index (Phi) is 8.67. The van der Waals surface area contributed by atoms with E-state index in [0.717, 1.165) is 34.5 Å². The maximum atomic E-state index is 12.4. The Labute approximate surface area is 265 Å². The number of aliphatic imine (C=N–C) groups is 1. The predicted molar refractivity (Wildman–Crippen MR) is 173 cm³/mol. The average molecular weight is 637 g/mol. The molecule has 0 aromatic carbocycles. The molecule has 1 amide bonds. The molecular formula is C33H40N4O7S. The second kappa shape index (κ2) is 12.1. The number of H-pyrrole nitrogens is 2. The first-order valence-electron chi connectivity index (χ1n) is 15.2.